The van der Waals surface area contributed by atoms with Crippen LogP contribution < -0.4 is 4.74 Å². The lowest BCUT2D eigenvalue weighted by Gasteiger charge is -2.29. The molecule has 0 unspecified atom stereocenters. The van der Waals surface area contributed by atoms with Crippen molar-refractivity contribution in [3.05, 3.63) is 29.3 Å². The third-order valence-electron chi connectivity index (χ3n) is 3.96. The van der Waals surface area contributed by atoms with Crippen molar-refractivity contribution in [2.24, 2.45) is 0 Å². The monoisotopic (exact) mass is 203 g/mol. The van der Waals surface area contributed by atoms with E-state index in [1.165, 1.54) is 30.5 Å². The van der Waals surface area contributed by atoms with Gasteiger partial charge >= 0.3 is 0 Å². The second-order valence-electron chi connectivity index (χ2n) is 4.71. The number of fused-ring (bicyclic) bond motifs is 5. The Morgan fingerprint density at radius 2 is 2.20 bits per heavy atom. The van der Waals surface area contributed by atoms with Crippen LogP contribution in [0.2, 0.25) is 0 Å². The highest BCUT2D eigenvalue weighted by atomic mass is 16.5. The maximum atomic E-state index is 5.30. The van der Waals surface area contributed by atoms with Crippen LogP contribution in [0.1, 0.15) is 35.9 Å². The van der Waals surface area contributed by atoms with Gasteiger partial charge in [-0.05, 0) is 55.6 Å². The molecule has 2 atom stereocenters. The molecule has 0 radical (unpaired) electrons. The van der Waals surface area contributed by atoms with Gasteiger partial charge in [0.15, 0.2) is 0 Å². The number of methoxy groups -OCH3 is 1. The van der Waals surface area contributed by atoms with Gasteiger partial charge in [0, 0.05) is 6.04 Å². The molecule has 1 heterocycles. The minimum atomic E-state index is 0.657. The van der Waals surface area contributed by atoms with E-state index in [4.69, 9.17) is 4.74 Å². The van der Waals surface area contributed by atoms with Crippen molar-refractivity contribution in [1.82, 2.24) is 4.90 Å². The van der Waals surface area contributed by atoms with Gasteiger partial charge in [-0.25, -0.2) is 0 Å². The lowest BCUT2D eigenvalue weighted by atomic mass is 9.96. The van der Waals surface area contributed by atoms with Crippen LogP contribution in [0.3, 0.4) is 0 Å². The molecule has 0 aromatic heterocycles. The number of benzene rings is 1. The van der Waals surface area contributed by atoms with Gasteiger partial charge in [0.2, 0.25) is 0 Å². The Hall–Kier alpha value is -1.02. The molecule has 1 aromatic carbocycles. The summed E-state index contributed by atoms with van der Waals surface area (Å²) in [7, 11) is 3.98. The Bertz CT molecular complexity index is 388. The van der Waals surface area contributed by atoms with Crippen LogP contribution in [0, 0.1) is 0 Å². The van der Waals surface area contributed by atoms with Gasteiger partial charge < -0.3 is 4.74 Å². The van der Waals surface area contributed by atoms with Crippen molar-refractivity contribution in [3.63, 3.8) is 0 Å². The molecular weight excluding hydrogens is 186 g/mol. The minimum absolute atomic E-state index is 0.657. The van der Waals surface area contributed by atoms with Crippen LogP contribution in [-0.4, -0.2) is 25.6 Å². The maximum Gasteiger partial charge on any atom is 0.119 e. The fraction of sp³-hybridized carbons (Fsp3) is 0.538. The zero-order chi connectivity index (χ0) is 10.4. The predicted octanol–water partition coefficient (Wildman–Crippen LogP) is 2.56. The molecule has 3 rings (SSSR count). The zero-order valence-corrected chi connectivity index (χ0v) is 9.36. The molecule has 1 aliphatic carbocycles. The maximum absolute atomic E-state index is 5.30. The summed E-state index contributed by atoms with van der Waals surface area (Å²) >= 11 is 0. The van der Waals surface area contributed by atoms with Gasteiger partial charge in [0.05, 0.1) is 7.11 Å². The quantitative estimate of drug-likeness (QED) is 0.695. The molecule has 2 nitrogen and oxygen atoms in total. The van der Waals surface area contributed by atoms with Crippen LogP contribution >= 0.6 is 0 Å². The van der Waals surface area contributed by atoms with E-state index >= 15 is 0 Å². The summed E-state index contributed by atoms with van der Waals surface area (Å²) in [5.41, 5.74) is 3.06. The Morgan fingerprint density at radius 1 is 1.33 bits per heavy atom. The molecule has 1 fully saturated rings. The Labute approximate surface area is 90.8 Å². The topological polar surface area (TPSA) is 12.5 Å². The summed E-state index contributed by atoms with van der Waals surface area (Å²) in [6, 6.07) is 7.23. The van der Waals surface area contributed by atoms with Gasteiger partial charge in [0.25, 0.3) is 0 Å². The molecule has 2 bridgehead atoms. The lowest BCUT2D eigenvalue weighted by Crippen LogP contribution is -2.28. The number of hydrogen-bond donors (Lipinski definition) is 0. The van der Waals surface area contributed by atoms with Crippen molar-refractivity contribution < 1.29 is 4.74 Å². The molecule has 80 valence electrons. The molecule has 0 N–H and O–H groups in total. The normalized spacial score (nSPS) is 28.9. The van der Waals surface area contributed by atoms with Crippen molar-refractivity contribution >= 4 is 0 Å². The first kappa shape index (κ1) is 9.22. The second kappa shape index (κ2) is 3.24. The van der Waals surface area contributed by atoms with Crippen LogP contribution in [0.15, 0.2) is 18.2 Å². The van der Waals surface area contributed by atoms with E-state index in [0.29, 0.717) is 6.04 Å². The molecule has 15 heavy (non-hydrogen) atoms. The average molecular weight is 203 g/mol. The standard InChI is InChI=1S/C13H17NO/c1-14-6-5-9-7-13(14)11-4-3-10(15-2)8-12(9)11/h3-4,8-9,13H,5-7H2,1-2H3/t9-,13-/m0/s1. The summed E-state index contributed by atoms with van der Waals surface area (Å²) < 4.78 is 5.30. The third kappa shape index (κ3) is 1.28. The fourth-order valence-corrected chi connectivity index (χ4v) is 3.07. The largest absolute Gasteiger partial charge is 0.497 e. The van der Waals surface area contributed by atoms with Gasteiger partial charge in [0.1, 0.15) is 5.75 Å². The Kier molecular flexibility index (Phi) is 1.99. The van der Waals surface area contributed by atoms with Crippen molar-refractivity contribution in [3.8, 4) is 5.75 Å². The first-order valence-corrected chi connectivity index (χ1v) is 5.67. The van der Waals surface area contributed by atoms with E-state index in [2.05, 4.69) is 30.1 Å². The van der Waals surface area contributed by atoms with Crippen molar-refractivity contribution in [2.75, 3.05) is 20.7 Å². The van der Waals surface area contributed by atoms with Crippen LogP contribution in [0.5, 0.6) is 5.75 Å². The SMILES string of the molecule is COc1ccc2c(c1)[C@H]1CCN(C)[C@H]2C1. The first-order chi connectivity index (χ1) is 7.29. The number of nitrogens with zero attached hydrogens (tertiary/aromatic N) is 1. The number of piperidine rings is 1. The number of hydrogen-bond acceptors (Lipinski definition) is 2. The molecule has 0 spiro atoms. The van der Waals surface area contributed by atoms with Gasteiger partial charge in [-0.2, -0.15) is 0 Å². The molecular formula is C13H17NO. The molecule has 0 amide bonds. The second-order valence-corrected chi connectivity index (χ2v) is 4.71. The van der Waals surface area contributed by atoms with Crippen LogP contribution in [0.25, 0.3) is 0 Å². The highest BCUT2D eigenvalue weighted by Gasteiger charge is 2.37. The van der Waals surface area contributed by atoms with Gasteiger partial charge in [-0.1, -0.05) is 6.07 Å². The summed E-state index contributed by atoms with van der Waals surface area (Å²) in [6.45, 7) is 1.23. The minimum Gasteiger partial charge on any atom is -0.497 e. The van der Waals surface area contributed by atoms with E-state index in [9.17, 15) is 0 Å². The summed E-state index contributed by atoms with van der Waals surface area (Å²) in [4.78, 5) is 2.48. The number of ether oxygens (including phenoxy) is 1. The van der Waals surface area contributed by atoms with E-state index < -0.39 is 0 Å². The van der Waals surface area contributed by atoms with Gasteiger partial charge in [-0.3, -0.25) is 4.90 Å². The highest BCUT2D eigenvalue weighted by Crippen LogP contribution is 2.48. The van der Waals surface area contributed by atoms with E-state index in [1.54, 1.807) is 7.11 Å². The first-order valence-electron chi connectivity index (χ1n) is 5.67. The number of likely N-dealkylation sites (tertiary alicyclic amines) is 1. The molecule has 1 aromatic rings. The Morgan fingerprint density at radius 3 is 3.00 bits per heavy atom. The van der Waals surface area contributed by atoms with E-state index in [0.717, 1.165) is 11.7 Å². The number of rotatable bonds is 1. The summed E-state index contributed by atoms with van der Waals surface area (Å²) in [5.74, 6) is 1.78. The smallest absolute Gasteiger partial charge is 0.119 e. The van der Waals surface area contributed by atoms with Gasteiger partial charge in [-0.15, -0.1) is 0 Å². The fourth-order valence-electron chi connectivity index (χ4n) is 3.07. The third-order valence-corrected chi connectivity index (χ3v) is 3.96. The average Bonchev–Trinajstić information content (AvgIpc) is 2.58. The van der Waals surface area contributed by atoms with Crippen LogP contribution in [0.4, 0.5) is 0 Å². The lowest BCUT2D eigenvalue weighted by molar-refractivity contribution is 0.192. The van der Waals surface area contributed by atoms with E-state index in [-0.39, 0.29) is 0 Å². The molecule has 2 aliphatic rings. The molecule has 2 heteroatoms. The van der Waals surface area contributed by atoms with E-state index in [1.807, 2.05) is 0 Å². The van der Waals surface area contributed by atoms with Crippen molar-refractivity contribution in [2.45, 2.75) is 24.8 Å². The predicted molar refractivity (Wildman–Crippen MR) is 60.3 cm³/mol. The Balaban J connectivity index is 2.07. The molecule has 1 saturated heterocycles. The molecule has 0 saturated carbocycles. The van der Waals surface area contributed by atoms with Crippen molar-refractivity contribution in [1.29, 1.82) is 0 Å². The summed E-state index contributed by atoms with van der Waals surface area (Å²) in [6.07, 6.45) is 2.60. The zero-order valence-electron chi connectivity index (χ0n) is 9.36. The highest BCUT2D eigenvalue weighted by molar-refractivity contribution is 5.44. The molecule has 1 aliphatic heterocycles. The summed E-state index contributed by atoms with van der Waals surface area (Å²) in [5, 5.41) is 0. The van der Waals surface area contributed by atoms with Crippen LogP contribution in [-0.2, 0) is 0 Å².